The number of allylic oxidation sites excluding steroid dienone is 4. The third-order valence-corrected chi connectivity index (χ3v) is 2.47. The Hall–Kier alpha value is -1.56. The minimum atomic E-state index is 1.16. The summed E-state index contributed by atoms with van der Waals surface area (Å²) in [5.74, 6) is 0. The highest BCUT2D eigenvalue weighted by Gasteiger charge is 1.99. The number of rotatable bonds is 2. The van der Waals surface area contributed by atoms with Gasteiger partial charge in [-0.2, -0.15) is 0 Å². The van der Waals surface area contributed by atoms with Crippen LogP contribution in [0.3, 0.4) is 0 Å². The summed E-state index contributed by atoms with van der Waals surface area (Å²) in [6.45, 7) is 3.74. The third kappa shape index (κ3) is 1.85. The van der Waals surface area contributed by atoms with Crippen LogP contribution in [0.5, 0.6) is 0 Å². The van der Waals surface area contributed by atoms with E-state index in [-0.39, 0.29) is 0 Å². The molecule has 0 heterocycles. The molecule has 1 aromatic rings. The Morgan fingerprint density at radius 3 is 2.43 bits per heavy atom. The zero-order valence-electron chi connectivity index (χ0n) is 8.24. The van der Waals surface area contributed by atoms with Gasteiger partial charge in [-0.3, -0.25) is 0 Å². The molecule has 2 rings (SSSR count). The predicted octanol–water partition coefficient (Wildman–Crippen LogP) is 4.06. The lowest BCUT2D eigenvalue weighted by molar-refractivity contribution is 1.04. The average Bonchev–Trinajstić information content (AvgIpc) is 2.30. The standard InChI is InChI=1S/C14H14/c1-2-12-8-10-14(11-9-12)13-6-4-3-5-7-13/h2,4,6-11H,1,3,5H2. The van der Waals surface area contributed by atoms with Crippen molar-refractivity contribution >= 4 is 11.6 Å². The van der Waals surface area contributed by atoms with Gasteiger partial charge < -0.3 is 0 Å². The number of hydrogen-bond acceptors (Lipinski definition) is 0. The van der Waals surface area contributed by atoms with E-state index in [2.05, 4.69) is 49.1 Å². The van der Waals surface area contributed by atoms with Crippen LogP contribution in [0, 0.1) is 0 Å². The average molecular weight is 182 g/mol. The molecule has 0 aromatic heterocycles. The highest BCUT2D eigenvalue weighted by atomic mass is 14.0. The van der Waals surface area contributed by atoms with Crippen LogP contribution in [0.2, 0.25) is 0 Å². The molecule has 0 fully saturated rings. The van der Waals surface area contributed by atoms with Crippen LogP contribution in [0.15, 0.2) is 49.1 Å². The molecule has 1 aromatic carbocycles. The van der Waals surface area contributed by atoms with Gasteiger partial charge in [0.05, 0.1) is 0 Å². The van der Waals surface area contributed by atoms with Crippen molar-refractivity contribution in [3.63, 3.8) is 0 Å². The van der Waals surface area contributed by atoms with Gasteiger partial charge >= 0.3 is 0 Å². The van der Waals surface area contributed by atoms with Crippen LogP contribution in [-0.4, -0.2) is 0 Å². The second-order valence-electron chi connectivity index (χ2n) is 3.47. The smallest absolute Gasteiger partial charge is 0.0187 e. The van der Waals surface area contributed by atoms with E-state index in [1.165, 1.54) is 23.1 Å². The summed E-state index contributed by atoms with van der Waals surface area (Å²) in [6.07, 6.45) is 10.9. The molecule has 0 radical (unpaired) electrons. The van der Waals surface area contributed by atoms with E-state index in [0.717, 1.165) is 6.42 Å². The largest absolute Gasteiger partial charge is 0.0985 e. The Morgan fingerprint density at radius 2 is 1.86 bits per heavy atom. The Labute approximate surface area is 85.3 Å². The van der Waals surface area contributed by atoms with Crippen LogP contribution in [0.25, 0.3) is 11.6 Å². The van der Waals surface area contributed by atoms with Crippen LogP contribution < -0.4 is 0 Å². The molecule has 0 amide bonds. The van der Waals surface area contributed by atoms with Crippen molar-refractivity contribution in [2.75, 3.05) is 0 Å². The maximum atomic E-state index is 3.74. The van der Waals surface area contributed by atoms with E-state index in [9.17, 15) is 0 Å². The summed E-state index contributed by atoms with van der Waals surface area (Å²) in [4.78, 5) is 0. The molecule has 0 saturated heterocycles. The molecule has 1 aliphatic rings. The second kappa shape index (κ2) is 4.10. The minimum absolute atomic E-state index is 1.16. The quantitative estimate of drug-likeness (QED) is 0.647. The van der Waals surface area contributed by atoms with Crippen molar-refractivity contribution in [3.8, 4) is 0 Å². The zero-order valence-corrected chi connectivity index (χ0v) is 8.24. The molecule has 0 aliphatic heterocycles. The van der Waals surface area contributed by atoms with Gasteiger partial charge in [-0.1, -0.05) is 55.1 Å². The molecular formula is C14H14. The zero-order chi connectivity index (χ0) is 9.80. The topological polar surface area (TPSA) is 0 Å². The summed E-state index contributed by atoms with van der Waals surface area (Å²) >= 11 is 0. The maximum Gasteiger partial charge on any atom is -0.0187 e. The molecule has 0 bridgehead atoms. The first-order chi connectivity index (χ1) is 6.90. The highest BCUT2D eigenvalue weighted by Crippen LogP contribution is 2.21. The molecule has 14 heavy (non-hydrogen) atoms. The molecular weight excluding hydrogens is 168 g/mol. The molecule has 0 atom stereocenters. The van der Waals surface area contributed by atoms with Crippen LogP contribution >= 0.6 is 0 Å². The molecule has 0 spiro atoms. The maximum absolute atomic E-state index is 3.74. The van der Waals surface area contributed by atoms with Crippen molar-refractivity contribution in [1.29, 1.82) is 0 Å². The van der Waals surface area contributed by atoms with Gasteiger partial charge in [-0.15, -0.1) is 0 Å². The van der Waals surface area contributed by atoms with E-state index in [0.29, 0.717) is 0 Å². The van der Waals surface area contributed by atoms with Gasteiger partial charge in [0.2, 0.25) is 0 Å². The summed E-state index contributed by atoms with van der Waals surface area (Å²) in [7, 11) is 0. The van der Waals surface area contributed by atoms with E-state index in [1.54, 1.807) is 0 Å². The Bertz CT molecular complexity index is 377. The summed E-state index contributed by atoms with van der Waals surface area (Å²) < 4.78 is 0. The molecule has 1 aliphatic carbocycles. The lowest BCUT2D eigenvalue weighted by Crippen LogP contribution is -1.85. The van der Waals surface area contributed by atoms with Crippen molar-refractivity contribution < 1.29 is 0 Å². The van der Waals surface area contributed by atoms with E-state index in [1.807, 2.05) is 6.08 Å². The first kappa shape index (κ1) is 9.01. The predicted molar refractivity (Wildman–Crippen MR) is 62.9 cm³/mol. The SMILES string of the molecule is C=Cc1ccc(C2=CCCC=C2)cc1. The fourth-order valence-corrected chi connectivity index (χ4v) is 1.64. The Morgan fingerprint density at radius 1 is 1.07 bits per heavy atom. The number of hydrogen-bond donors (Lipinski definition) is 0. The molecule has 0 saturated carbocycles. The van der Waals surface area contributed by atoms with Crippen LogP contribution in [0.1, 0.15) is 24.0 Å². The van der Waals surface area contributed by atoms with E-state index in [4.69, 9.17) is 0 Å². The van der Waals surface area contributed by atoms with Crippen molar-refractivity contribution in [2.24, 2.45) is 0 Å². The monoisotopic (exact) mass is 182 g/mol. The third-order valence-electron chi connectivity index (χ3n) is 2.47. The van der Waals surface area contributed by atoms with Crippen molar-refractivity contribution in [3.05, 3.63) is 60.2 Å². The second-order valence-corrected chi connectivity index (χ2v) is 3.47. The molecule has 0 unspecified atom stereocenters. The highest BCUT2D eigenvalue weighted by molar-refractivity contribution is 5.75. The molecule has 0 heteroatoms. The lowest BCUT2D eigenvalue weighted by atomic mass is 9.99. The molecule has 0 nitrogen and oxygen atoms in total. The number of benzene rings is 1. The normalized spacial score (nSPS) is 15.0. The van der Waals surface area contributed by atoms with Gasteiger partial charge in [0, 0.05) is 0 Å². The van der Waals surface area contributed by atoms with Crippen LogP contribution in [0.4, 0.5) is 0 Å². The minimum Gasteiger partial charge on any atom is -0.0985 e. The van der Waals surface area contributed by atoms with Crippen LogP contribution in [-0.2, 0) is 0 Å². The van der Waals surface area contributed by atoms with Crippen molar-refractivity contribution in [1.82, 2.24) is 0 Å². The summed E-state index contributed by atoms with van der Waals surface area (Å²) in [5.41, 5.74) is 3.81. The fraction of sp³-hybridized carbons (Fsp3) is 0.143. The molecule has 0 N–H and O–H groups in total. The Balaban J connectivity index is 2.28. The van der Waals surface area contributed by atoms with Gasteiger partial charge in [0.1, 0.15) is 0 Å². The van der Waals surface area contributed by atoms with Crippen molar-refractivity contribution in [2.45, 2.75) is 12.8 Å². The van der Waals surface area contributed by atoms with E-state index >= 15 is 0 Å². The van der Waals surface area contributed by atoms with Gasteiger partial charge in [-0.25, -0.2) is 0 Å². The Kier molecular flexibility index (Phi) is 2.64. The van der Waals surface area contributed by atoms with Gasteiger partial charge in [0.15, 0.2) is 0 Å². The van der Waals surface area contributed by atoms with Gasteiger partial charge in [-0.05, 0) is 29.5 Å². The first-order valence-corrected chi connectivity index (χ1v) is 5.00. The summed E-state index contributed by atoms with van der Waals surface area (Å²) in [6, 6.07) is 8.51. The first-order valence-electron chi connectivity index (χ1n) is 5.00. The van der Waals surface area contributed by atoms with E-state index < -0.39 is 0 Å². The lowest BCUT2D eigenvalue weighted by Gasteiger charge is -2.07. The van der Waals surface area contributed by atoms with Gasteiger partial charge in [0.25, 0.3) is 0 Å². The fourth-order valence-electron chi connectivity index (χ4n) is 1.64. The summed E-state index contributed by atoms with van der Waals surface area (Å²) in [5, 5.41) is 0. The molecule has 70 valence electrons.